The Balaban J connectivity index is 2.81. The Morgan fingerprint density at radius 2 is 2.07 bits per heavy atom. The molecule has 0 unspecified atom stereocenters. The lowest BCUT2D eigenvalue weighted by Crippen LogP contribution is -1.99. The van der Waals surface area contributed by atoms with Crippen LogP contribution in [0.25, 0.3) is 10.9 Å². The fourth-order valence-electron chi connectivity index (χ4n) is 1.27. The molecule has 0 radical (unpaired) electrons. The molecule has 0 fully saturated rings. The van der Waals surface area contributed by atoms with Crippen LogP contribution in [0, 0.1) is 0 Å². The molecule has 2 rings (SSSR count). The van der Waals surface area contributed by atoms with Crippen LogP contribution in [0.4, 0.5) is 0 Å². The number of nitrogens with zero attached hydrogens (tertiary/aromatic N) is 1. The molecule has 0 saturated carbocycles. The first kappa shape index (κ1) is 10.4. The monoisotopic (exact) mass is 285 g/mol. The van der Waals surface area contributed by atoms with Gasteiger partial charge < -0.3 is 5.11 Å². The van der Waals surface area contributed by atoms with Crippen LogP contribution in [0.2, 0.25) is 5.02 Å². The van der Waals surface area contributed by atoms with Crippen LogP contribution < -0.4 is 0 Å². The van der Waals surface area contributed by atoms with Crippen molar-refractivity contribution in [2.75, 3.05) is 0 Å². The number of carboxylic acids is 1. The molecule has 76 valence electrons. The van der Waals surface area contributed by atoms with Crippen LogP contribution in [-0.4, -0.2) is 16.1 Å². The molecule has 2 aromatic rings. The summed E-state index contributed by atoms with van der Waals surface area (Å²) in [4.78, 5) is 14.7. The lowest BCUT2D eigenvalue weighted by molar-refractivity contribution is 0.0691. The van der Waals surface area contributed by atoms with Crippen molar-refractivity contribution in [3.8, 4) is 0 Å². The zero-order valence-corrected chi connectivity index (χ0v) is 9.71. The van der Waals surface area contributed by atoms with E-state index in [1.807, 2.05) is 0 Å². The summed E-state index contributed by atoms with van der Waals surface area (Å²) in [6.07, 6.45) is 0. The number of pyridine rings is 1. The molecule has 0 aliphatic carbocycles. The van der Waals surface area contributed by atoms with Gasteiger partial charge in [-0.15, -0.1) is 0 Å². The molecule has 1 heterocycles. The van der Waals surface area contributed by atoms with Crippen LogP contribution in [0.5, 0.6) is 0 Å². The van der Waals surface area contributed by atoms with E-state index in [1.165, 1.54) is 6.07 Å². The SMILES string of the molecule is O=C(O)c1ccc2c(Cl)ccc(Br)c2n1. The lowest BCUT2D eigenvalue weighted by Gasteiger charge is -2.03. The zero-order chi connectivity index (χ0) is 11.0. The standard InChI is InChI=1S/C10H5BrClNO2/c11-6-2-3-7(12)5-1-4-8(10(14)15)13-9(5)6/h1-4H,(H,14,15). The minimum Gasteiger partial charge on any atom is -0.477 e. The number of aromatic carboxylic acids is 1. The molecular formula is C10H5BrClNO2. The van der Waals surface area contributed by atoms with E-state index < -0.39 is 5.97 Å². The highest BCUT2D eigenvalue weighted by atomic mass is 79.9. The molecule has 0 bridgehead atoms. The van der Waals surface area contributed by atoms with Crippen LogP contribution in [-0.2, 0) is 0 Å². The number of halogens is 2. The predicted molar refractivity (Wildman–Crippen MR) is 61.4 cm³/mol. The molecule has 3 nitrogen and oxygen atoms in total. The van der Waals surface area contributed by atoms with Crippen molar-refractivity contribution in [3.63, 3.8) is 0 Å². The van der Waals surface area contributed by atoms with Crippen molar-refractivity contribution in [1.29, 1.82) is 0 Å². The van der Waals surface area contributed by atoms with Crippen molar-refractivity contribution >= 4 is 44.4 Å². The smallest absolute Gasteiger partial charge is 0.354 e. The molecule has 0 saturated heterocycles. The number of hydrogen-bond acceptors (Lipinski definition) is 2. The van der Waals surface area contributed by atoms with E-state index >= 15 is 0 Å². The van der Waals surface area contributed by atoms with Gasteiger partial charge in [-0.05, 0) is 40.2 Å². The second-order valence-electron chi connectivity index (χ2n) is 2.93. The molecule has 15 heavy (non-hydrogen) atoms. The number of hydrogen-bond donors (Lipinski definition) is 1. The van der Waals surface area contributed by atoms with Gasteiger partial charge in [0.05, 0.1) is 10.5 Å². The highest BCUT2D eigenvalue weighted by Gasteiger charge is 2.09. The largest absolute Gasteiger partial charge is 0.477 e. The van der Waals surface area contributed by atoms with Gasteiger partial charge in [-0.1, -0.05) is 11.6 Å². The van der Waals surface area contributed by atoms with E-state index in [0.717, 1.165) is 9.86 Å². The Labute approximate surface area is 98.8 Å². The lowest BCUT2D eigenvalue weighted by atomic mass is 10.2. The van der Waals surface area contributed by atoms with Crippen LogP contribution in [0.15, 0.2) is 28.7 Å². The van der Waals surface area contributed by atoms with Gasteiger partial charge in [0, 0.05) is 9.86 Å². The van der Waals surface area contributed by atoms with Crippen molar-refractivity contribution in [1.82, 2.24) is 4.98 Å². The third-order valence-electron chi connectivity index (χ3n) is 1.97. The van der Waals surface area contributed by atoms with Crippen LogP contribution >= 0.6 is 27.5 Å². The van der Waals surface area contributed by atoms with Crippen LogP contribution in [0.3, 0.4) is 0 Å². The van der Waals surface area contributed by atoms with Gasteiger partial charge in [-0.3, -0.25) is 0 Å². The summed E-state index contributed by atoms with van der Waals surface area (Å²) in [6, 6.07) is 6.56. The first-order valence-corrected chi connectivity index (χ1v) is 5.25. The summed E-state index contributed by atoms with van der Waals surface area (Å²) in [5, 5.41) is 10.1. The van der Waals surface area contributed by atoms with Gasteiger partial charge in [0.1, 0.15) is 5.69 Å². The topological polar surface area (TPSA) is 50.2 Å². The van der Waals surface area contributed by atoms with E-state index in [0.29, 0.717) is 10.5 Å². The summed E-state index contributed by atoms with van der Waals surface area (Å²) >= 11 is 9.25. The minimum absolute atomic E-state index is 0.00506. The maximum Gasteiger partial charge on any atom is 0.354 e. The van der Waals surface area contributed by atoms with Gasteiger partial charge in [0.25, 0.3) is 0 Å². The van der Waals surface area contributed by atoms with E-state index in [4.69, 9.17) is 16.7 Å². The summed E-state index contributed by atoms with van der Waals surface area (Å²) in [6.45, 7) is 0. The van der Waals surface area contributed by atoms with Crippen LogP contribution in [0.1, 0.15) is 10.5 Å². The average Bonchev–Trinajstić information content (AvgIpc) is 2.23. The maximum atomic E-state index is 10.7. The number of rotatable bonds is 1. The summed E-state index contributed by atoms with van der Waals surface area (Å²) < 4.78 is 0.727. The highest BCUT2D eigenvalue weighted by Crippen LogP contribution is 2.28. The molecular weight excluding hydrogens is 281 g/mol. The van der Waals surface area contributed by atoms with Gasteiger partial charge >= 0.3 is 5.97 Å². The molecule has 1 aromatic heterocycles. The number of fused-ring (bicyclic) bond motifs is 1. The van der Waals surface area contributed by atoms with Crippen molar-refractivity contribution in [2.24, 2.45) is 0 Å². The van der Waals surface area contributed by atoms with E-state index in [9.17, 15) is 4.79 Å². The van der Waals surface area contributed by atoms with Gasteiger partial charge in [0.15, 0.2) is 0 Å². The number of benzene rings is 1. The van der Waals surface area contributed by atoms with E-state index in [-0.39, 0.29) is 5.69 Å². The third kappa shape index (κ3) is 1.82. The predicted octanol–water partition coefficient (Wildman–Crippen LogP) is 3.35. The van der Waals surface area contributed by atoms with E-state index in [2.05, 4.69) is 20.9 Å². The Kier molecular flexibility index (Phi) is 2.63. The second-order valence-corrected chi connectivity index (χ2v) is 4.19. The van der Waals surface area contributed by atoms with Crippen molar-refractivity contribution in [3.05, 3.63) is 39.5 Å². The third-order valence-corrected chi connectivity index (χ3v) is 2.94. The quantitative estimate of drug-likeness (QED) is 0.874. The van der Waals surface area contributed by atoms with Gasteiger partial charge in [0.2, 0.25) is 0 Å². The molecule has 1 aromatic carbocycles. The van der Waals surface area contributed by atoms with Gasteiger partial charge in [-0.2, -0.15) is 0 Å². The molecule has 0 amide bonds. The number of carboxylic acid groups (broad SMARTS) is 1. The normalized spacial score (nSPS) is 10.5. The molecule has 0 spiro atoms. The second kappa shape index (κ2) is 3.79. The van der Waals surface area contributed by atoms with Gasteiger partial charge in [-0.25, -0.2) is 9.78 Å². The zero-order valence-electron chi connectivity index (χ0n) is 7.37. The first-order valence-electron chi connectivity index (χ1n) is 4.07. The Morgan fingerprint density at radius 3 is 2.73 bits per heavy atom. The number of aromatic nitrogens is 1. The average molecular weight is 287 g/mol. The minimum atomic E-state index is -1.05. The maximum absolute atomic E-state index is 10.7. The number of carbonyl (C=O) groups is 1. The molecule has 0 aliphatic rings. The highest BCUT2D eigenvalue weighted by molar-refractivity contribution is 9.10. The summed E-state index contributed by atoms with van der Waals surface area (Å²) in [5.41, 5.74) is 0.563. The Hall–Kier alpha value is -1.13. The first-order chi connectivity index (χ1) is 7.09. The van der Waals surface area contributed by atoms with E-state index in [1.54, 1.807) is 18.2 Å². The molecule has 0 aliphatic heterocycles. The summed E-state index contributed by atoms with van der Waals surface area (Å²) in [5.74, 6) is -1.05. The fourth-order valence-corrected chi connectivity index (χ4v) is 1.92. The Morgan fingerprint density at radius 1 is 1.33 bits per heavy atom. The Bertz CT molecular complexity index is 556. The molecule has 0 atom stereocenters. The van der Waals surface area contributed by atoms with Crippen molar-refractivity contribution < 1.29 is 9.90 Å². The molecule has 1 N–H and O–H groups in total. The van der Waals surface area contributed by atoms with Crippen molar-refractivity contribution in [2.45, 2.75) is 0 Å². The molecule has 5 heteroatoms. The summed E-state index contributed by atoms with van der Waals surface area (Å²) in [7, 11) is 0. The fraction of sp³-hybridized carbons (Fsp3) is 0.